The van der Waals surface area contributed by atoms with Crippen LogP contribution in [-0.2, 0) is 19.3 Å². The summed E-state index contributed by atoms with van der Waals surface area (Å²) in [7, 11) is 0. The molecule has 0 spiro atoms. The summed E-state index contributed by atoms with van der Waals surface area (Å²) in [6.07, 6.45) is 10.3. The number of hydrogen-bond donors (Lipinski definition) is 0. The van der Waals surface area contributed by atoms with Gasteiger partial charge < -0.3 is 0 Å². The van der Waals surface area contributed by atoms with Gasteiger partial charge in [-0.25, -0.2) is 0 Å². The summed E-state index contributed by atoms with van der Waals surface area (Å²) in [4.78, 5) is 0. The Morgan fingerprint density at radius 2 is 1.10 bits per heavy atom. The SMILES string of the molecule is CCCCc1cc(CCCC)c(Cl)c(CCCC)c1Cl.P. The molecule has 3 heteroatoms. The maximum absolute atomic E-state index is 6.61. The van der Waals surface area contributed by atoms with Crippen LogP contribution >= 0.6 is 33.1 Å². The van der Waals surface area contributed by atoms with E-state index in [0.717, 1.165) is 35.7 Å². The predicted molar refractivity (Wildman–Crippen MR) is 103 cm³/mol. The fraction of sp³-hybridized carbons (Fsp3) is 0.667. The van der Waals surface area contributed by atoms with Crippen molar-refractivity contribution >= 4 is 33.1 Å². The number of hydrogen-bond acceptors (Lipinski definition) is 0. The van der Waals surface area contributed by atoms with Crippen LogP contribution in [0.15, 0.2) is 6.07 Å². The first-order chi connectivity index (χ1) is 9.65. The maximum Gasteiger partial charge on any atom is 0.0485 e. The maximum atomic E-state index is 6.61. The summed E-state index contributed by atoms with van der Waals surface area (Å²) in [5, 5.41) is 1.86. The van der Waals surface area contributed by atoms with E-state index in [-0.39, 0.29) is 9.90 Å². The van der Waals surface area contributed by atoms with Crippen molar-refractivity contribution in [2.45, 2.75) is 78.6 Å². The van der Waals surface area contributed by atoms with Gasteiger partial charge in [-0.3, -0.25) is 0 Å². The molecule has 0 N–H and O–H groups in total. The Balaban J connectivity index is 0.00000400. The highest BCUT2D eigenvalue weighted by atomic mass is 35.5. The van der Waals surface area contributed by atoms with Gasteiger partial charge in [0, 0.05) is 10.0 Å². The average molecular weight is 349 g/mol. The van der Waals surface area contributed by atoms with Crippen molar-refractivity contribution < 1.29 is 0 Å². The summed E-state index contributed by atoms with van der Waals surface area (Å²) in [5.41, 5.74) is 3.79. The van der Waals surface area contributed by atoms with Crippen LogP contribution < -0.4 is 0 Å². The van der Waals surface area contributed by atoms with Crippen molar-refractivity contribution in [3.63, 3.8) is 0 Å². The number of benzene rings is 1. The van der Waals surface area contributed by atoms with Crippen LogP contribution in [0.3, 0.4) is 0 Å². The highest BCUT2D eigenvalue weighted by molar-refractivity contribution is 6.92. The molecule has 0 radical (unpaired) electrons. The lowest BCUT2D eigenvalue weighted by Gasteiger charge is -2.16. The van der Waals surface area contributed by atoms with Gasteiger partial charge in [0.15, 0.2) is 0 Å². The number of rotatable bonds is 9. The van der Waals surface area contributed by atoms with E-state index >= 15 is 0 Å². The van der Waals surface area contributed by atoms with Crippen molar-refractivity contribution in [1.29, 1.82) is 0 Å². The van der Waals surface area contributed by atoms with Gasteiger partial charge in [-0.05, 0) is 55.2 Å². The van der Waals surface area contributed by atoms with Crippen LogP contribution in [0.2, 0.25) is 10.0 Å². The van der Waals surface area contributed by atoms with Crippen LogP contribution in [0.25, 0.3) is 0 Å². The third-order valence-electron chi connectivity index (χ3n) is 3.82. The summed E-state index contributed by atoms with van der Waals surface area (Å²) in [6.45, 7) is 6.65. The smallest absolute Gasteiger partial charge is 0.0485 e. The first kappa shape index (κ1) is 21.2. The lowest BCUT2D eigenvalue weighted by atomic mass is 9.96. The molecule has 1 unspecified atom stereocenters. The highest BCUT2D eigenvalue weighted by Crippen LogP contribution is 2.34. The Bertz CT molecular complexity index is 384. The molecule has 1 rings (SSSR count). The quantitative estimate of drug-likeness (QED) is 0.418. The normalized spacial score (nSPS) is 10.5. The van der Waals surface area contributed by atoms with Crippen LogP contribution in [0.1, 0.15) is 76.0 Å². The zero-order chi connectivity index (χ0) is 15.0. The van der Waals surface area contributed by atoms with E-state index < -0.39 is 0 Å². The minimum Gasteiger partial charge on any atom is -0.153 e. The van der Waals surface area contributed by atoms with Crippen molar-refractivity contribution in [3.8, 4) is 0 Å². The molecule has 1 aromatic carbocycles. The minimum absolute atomic E-state index is 0. The average Bonchev–Trinajstić information content (AvgIpc) is 2.45. The molecular formula is C18H31Cl2P. The highest BCUT2D eigenvalue weighted by Gasteiger charge is 2.14. The lowest BCUT2D eigenvalue weighted by Crippen LogP contribution is -2.00. The molecule has 0 aliphatic rings. The van der Waals surface area contributed by atoms with Gasteiger partial charge in [0.2, 0.25) is 0 Å². The van der Waals surface area contributed by atoms with E-state index in [1.165, 1.54) is 48.8 Å². The second kappa shape index (κ2) is 11.8. The van der Waals surface area contributed by atoms with Gasteiger partial charge >= 0.3 is 0 Å². The zero-order valence-electron chi connectivity index (χ0n) is 13.9. The Kier molecular flexibility index (Phi) is 11.9. The number of halogens is 2. The van der Waals surface area contributed by atoms with E-state index in [1.807, 2.05) is 0 Å². The summed E-state index contributed by atoms with van der Waals surface area (Å²) >= 11 is 13.2. The van der Waals surface area contributed by atoms with Crippen LogP contribution in [-0.4, -0.2) is 0 Å². The van der Waals surface area contributed by atoms with Crippen molar-refractivity contribution in [2.75, 3.05) is 0 Å². The molecule has 0 amide bonds. The van der Waals surface area contributed by atoms with Gasteiger partial charge in [-0.15, -0.1) is 0 Å². The molecule has 122 valence electrons. The Hall–Kier alpha value is 0.230. The van der Waals surface area contributed by atoms with E-state index in [2.05, 4.69) is 26.8 Å². The van der Waals surface area contributed by atoms with Crippen molar-refractivity contribution in [1.82, 2.24) is 0 Å². The van der Waals surface area contributed by atoms with E-state index in [1.54, 1.807) is 0 Å². The molecule has 0 saturated carbocycles. The number of unbranched alkanes of at least 4 members (excludes halogenated alkanes) is 3. The van der Waals surface area contributed by atoms with Gasteiger partial charge in [-0.2, -0.15) is 9.90 Å². The first-order valence-corrected chi connectivity index (χ1v) is 8.89. The van der Waals surface area contributed by atoms with E-state index in [4.69, 9.17) is 23.2 Å². The molecular weight excluding hydrogens is 318 g/mol. The molecule has 0 aromatic heterocycles. The van der Waals surface area contributed by atoms with Crippen LogP contribution in [0.4, 0.5) is 0 Å². The van der Waals surface area contributed by atoms with Crippen molar-refractivity contribution in [3.05, 3.63) is 32.8 Å². The second-order valence-corrected chi connectivity index (χ2v) is 6.37. The van der Waals surface area contributed by atoms with Crippen LogP contribution in [0.5, 0.6) is 0 Å². The monoisotopic (exact) mass is 348 g/mol. The second-order valence-electron chi connectivity index (χ2n) is 5.61. The first-order valence-electron chi connectivity index (χ1n) is 8.14. The summed E-state index contributed by atoms with van der Waals surface area (Å²) in [6, 6.07) is 2.26. The fourth-order valence-electron chi connectivity index (χ4n) is 2.49. The largest absolute Gasteiger partial charge is 0.153 e. The molecule has 0 heterocycles. The lowest BCUT2D eigenvalue weighted by molar-refractivity contribution is 0.766. The molecule has 0 aliphatic heterocycles. The molecule has 0 saturated heterocycles. The topological polar surface area (TPSA) is 0 Å². The minimum atomic E-state index is 0. The van der Waals surface area contributed by atoms with Gasteiger partial charge in [0.1, 0.15) is 0 Å². The Morgan fingerprint density at radius 1 is 0.714 bits per heavy atom. The molecule has 0 fully saturated rings. The predicted octanol–water partition coefficient (Wildman–Crippen LogP) is 7.08. The summed E-state index contributed by atoms with van der Waals surface area (Å²) < 4.78 is 0. The van der Waals surface area contributed by atoms with E-state index in [0.29, 0.717) is 0 Å². The fourth-order valence-corrected chi connectivity index (χ4v) is 3.22. The third kappa shape index (κ3) is 6.47. The van der Waals surface area contributed by atoms with Gasteiger partial charge in [-0.1, -0.05) is 69.3 Å². The Labute approximate surface area is 144 Å². The number of aryl methyl sites for hydroxylation is 2. The Morgan fingerprint density at radius 3 is 1.48 bits per heavy atom. The van der Waals surface area contributed by atoms with Crippen molar-refractivity contribution in [2.24, 2.45) is 0 Å². The third-order valence-corrected chi connectivity index (χ3v) is 4.76. The molecule has 0 bridgehead atoms. The molecule has 1 atom stereocenters. The van der Waals surface area contributed by atoms with Gasteiger partial charge in [0.05, 0.1) is 0 Å². The molecule has 1 aromatic rings. The van der Waals surface area contributed by atoms with Gasteiger partial charge in [0.25, 0.3) is 0 Å². The molecule has 0 aliphatic carbocycles. The standard InChI is InChI=1S/C18H28Cl2.H3P/c1-4-7-10-14-13-15(11-8-5-2)18(20)16(17(14)19)12-9-6-3;/h13H,4-12H2,1-3H3;1H3. The zero-order valence-corrected chi connectivity index (χ0v) is 16.8. The van der Waals surface area contributed by atoms with E-state index in [9.17, 15) is 0 Å². The summed E-state index contributed by atoms with van der Waals surface area (Å²) in [5.74, 6) is 0. The van der Waals surface area contributed by atoms with Crippen LogP contribution in [0, 0.1) is 0 Å². The molecule has 21 heavy (non-hydrogen) atoms. The molecule has 0 nitrogen and oxygen atoms in total.